The molecule has 0 aliphatic heterocycles. The Morgan fingerprint density at radius 1 is 1.18 bits per heavy atom. The van der Waals surface area contributed by atoms with Crippen molar-refractivity contribution in [2.75, 3.05) is 11.6 Å². The van der Waals surface area contributed by atoms with E-state index in [0.29, 0.717) is 24.1 Å². The van der Waals surface area contributed by atoms with Gasteiger partial charge in [-0.05, 0) is 54.8 Å². The van der Waals surface area contributed by atoms with Crippen LogP contribution in [-0.4, -0.2) is 19.8 Å². The molecule has 2 aromatic rings. The van der Waals surface area contributed by atoms with E-state index in [1.54, 1.807) is 18.2 Å². The number of nitrogens with one attached hydrogen (secondary N) is 1. The summed E-state index contributed by atoms with van der Waals surface area (Å²) in [5.74, 6) is -0.321. The number of aliphatic hydroxyl groups excluding tert-OH is 1. The number of hydrogen-bond donors (Lipinski definition) is 2. The fourth-order valence-corrected chi connectivity index (χ4v) is 3.81. The van der Waals surface area contributed by atoms with Gasteiger partial charge in [0.2, 0.25) is 0 Å². The van der Waals surface area contributed by atoms with Crippen molar-refractivity contribution in [3.05, 3.63) is 53.3 Å². The van der Waals surface area contributed by atoms with Crippen LogP contribution in [0.1, 0.15) is 23.7 Å². The molecule has 1 aliphatic carbocycles. The number of fused-ring (bicyclic) bond motifs is 1. The fraction of sp³-hybridized carbons (Fsp3) is 0.250. The van der Waals surface area contributed by atoms with Crippen LogP contribution in [0.4, 0.5) is 15.8 Å². The molecule has 116 valence electrons. The molecule has 0 spiro atoms. The Kier molecular flexibility index (Phi) is 3.66. The molecular formula is C16H16FNO3S. The van der Waals surface area contributed by atoms with Gasteiger partial charge in [0, 0.05) is 23.2 Å². The van der Waals surface area contributed by atoms with Crippen molar-refractivity contribution in [1.29, 1.82) is 0 Å². The molecule has 22 heavy (non-hydrogen) atoms. The van der Waals surface area contributed by atoms with Crippen LogP contribution in [0.2, 0.25) is 0 Å². The van der Waals surface area contributed by atoms with Crippen molar-refractivity contribution in [2.24, 2.45) is 0 Å². The van der Waals surface area contributed by atoms with E-state index in [-0.39, 0.29) is 10.7 Å². The summed E-state index contributed by atoms with van der Waals surface area (Å²) >= 11 is 0. The third-order valence-corrected chi connectivity index (χ3v) is 5.00. The highest BCUT2D eigenvalue weighted by atomic mass is 32.2. The first-order valence-electron chi connectivity index (χ1n) is 6.93. The molecule has 6 heteroatoms. The number of benzene rings is 2. The SMILES string of the molecule is CS(=O)(=O)c1ccc(Nc2ccc(F)cc2)c2c1C(O)CC2. The zero-order valence-electron chi connectivity index (χ0n) is 12.0. The van der Waals surface area contributed by atoms with Gasteiger partial charge in [-0.15, -0.1) is 0 Å². The van der Waals surface area contributed by atoms with E-state index < -0.39 is 15.9 Å². The fourth-order valence-electron chi connectivity index (χ4n) is 2.83. The lowest BCUT2D eigenvalue weighted by molar-refractivity contribution is 0.177. The molecule has 0 fully saturated rings. The Balaban J connectivity index is 2.06. The highest BCUT2D eigenvalue weighted by molar-refractivity contribution is 7.90. The van der Waals surface area contributed by atoms with Gasteiger partial charge in [-0.2, -0.15) is 0 Å². The zero-order valence-corrected chi connectivity index (χ0v) is 12.8. The summed E-state index contributed by atoms with van der Waals surface area (Å²) in [7, 11) is -3.39. The predicted molar refractivity (Wildman–Crippen MR) is 82.5 cm³/mol. The van der Waals surface area contributed by atoms with Crippen molar-refractivity contribution >= 4 is 21.2 Å². The average molecular weight is 321 g/mol. The van der Waals surface area contributed by atoms with Crippen molar-refractivity contribution < 1.29 is 17.9 Å². The van der Waals surface area contributed by atoms with E-state index in [0.717, 1.165) is 17.5 Å². The number of hydrogen-bond acceptors (Lipinski definition) is 4. The van der Waals surface area contributed by atoms with Gasteiger partial charge in [-0.1, -0.05) is 0 Å². The molecular weight excluding hydrogens is 305 g/mol. The molecule has 0 bridgehead atoms. The van der Waals surface area contributed by atoms with E-state index in [2.05, 4.69) is 5.32 Å². The smallest absolute Gasteiger partial charge is 0.175 e. The maximum absolute atomic E-state index is 13.0. The quantitative estimate of drug-likeness (QED) is 0.912. The molecule has 3 rings (SSSR count). The molecule has 0 amide bonds. The van der Waals surface area contributed by atoms with Crippen LogP contribution in [0.15, 0.2) is 41.3 Å². The van der Waals surface area contributed by atoms with E-state index in [4.69, 9.17) is 0 Å². The zero-order chi connectivity index (χ0) is 15.9. The minimum atomic E-state index is -3.39. The maximum Gasteiger partial charge on any atom is 0.175 e. The van der Waals surface area contributed by atoms with E-state index in [1.165, 1.54) is 18.2 Å². The van der Waals surface area contributed by atoms with Gasteiger partial charge in [0.25, 0.3) is 0 Å². The molecule has 4 nitrogen and oxygen atoms in total. The van der Waals surface area contributed by atoms with Crippen molar-refractivity contribution in [2.45, 2.75) is 23.8 Å². The summed E-state index contributed by atoms with van der Waals surface area (Å²) in [6, 6.07) is 9.12. The predicted octanol–water partition coefficient (Wildman–Crippen LogP) is 2.95. The first-order valence-corrected chi connectivity index (χ1v) is 8.82. The number of halogens is 1. The molecule has 0 aromatic heterocycles. The third kappa shape index (κ3) is 2.71. The summed E-state index contributed by atoms with van der Waals surface area (Å²) in [5, 5.41) is 13.3. The maximum atomic E-state index is 13.0. The van der Waals surface area contributed by atoms with Gasteiger partial charge in [0.1, 0.15) is 5.82 Å². The van der Waals surface area contributed by atoms with E-state index in [1.807, 2.05) is 0 Å². The number of anilines is 2. The number of rotatable bonds is 3. The average Bonchev–Trinajstić information content (AvgIpc) is 2.83. The first-order chi connectivity index (χ1) is 10.4. The van der Waals surface area contributed by atoms with Crippen molar-refractivity contribution in [3.8, 4) is 0 Å². The van der Waals surface area contributed by atoms with E-state index in [9.17, 15) is 17.9 Å². The molecule has 0 radical (unpaired) electrons. The van der Waals surface area contributed by atoms with E-state index >= 15 is 0 Å². The number of aliphatic hydroxyl groups is 1. The van der Waals surface area contributed by atoms with Gasteiger partial charge in [-0.3, -0.25) is 0 Å². The molecule has 2 aromatic carbocycles. The highest BCUT2D eigenvalue weighted by Gasteiger charge is 2.29. The Morgan fingerprint density at radius 2 is 1.86 bits per heavy atom. The van der Waals surface area contributed by atoms with Crippen molar-refractivity contribution in [1.82, 2.24) is 0 Å². The standard InChI is InChI=1S/C16H16FNO3S/c1-22(20,21)15-9-7-13(12-6-8-14(19)16(12)15)18-11-4-2-10(17)3-5-11/h2-5,7,9,14,18-19H,6,8H2,1H3. The Hall–Kier alpha value is -1.92. The van der Waals surface area contributed by atoms with Crippen LogP contribution in [0.5, 0.6) is 0 Å². The normalized spacial score (nSPS) is 17.3. The topological polar surface area (TPSA) is 66.4 Å². The second-order valence-electron chi connectivity index (χ2n) is 5.46. The minimum Gasteiger partial charge on any atom is -0.388 e. The summed E-state index contributed by atoms with van der Waals surface area (Å²) in [4.78, 5) is 0.178. The van der Waals surface area contributed by atoms with Gasteiger partial charge in [0.05, 0.1) is 11.0 Å². The highest BCUT2D eigenvalue weighted by Crippen LogP contribution is 2.40. The summed E-state index contributed by atoms with van der Waals surface area (Å²) in [6.45, 7) is 0. The van der Waals surface area contributed by atoms with Crippen LogP contribution in [0.25, 0.3) is 0 Å². The molecule has 1 atom stereocenters. The molecule has 0 saturated carbocycles. The largest absolute Gasteiger partial charge is 0.388 e. The molecule has 0 heterocycles. The summed E-state index contributed by atoms with van der Waals surface area (Å²) < 4.78 is 36.7. The number of sulfone groups is 1. The second-order valence-corrected chi connectivity index (χ2v) is 7.45. The lowest BCUT2D eigenvalue weighted by Crippen LogP contribution is -2.06. The van der Waals surface area contributed by atoms with Crippen LogP contribution >= 0.6 is 0 Å². The minimum absolute atomic E-state index is 0.178. The Morgan fingerprint density at radius 3 is 2.50 bits per heavy atom. The summed E-state index contributed by atoms with van der Waals surface area (Å²) in [6.07, 6.45) is 1.47. The van der Waals surface area contributed by atoms with Gasteiger partial charge < -0.3 is 10.4 Å². The van der Waals surface area contributed by atoms with Crippen molar-refractivity contribution in [3.63, 3.8) is 0 Å². The molecule has 2 N–H and O–H groups in total. The third-order valence-electron chi connectivity index (χ3n) is 3.84. The summed E-state index contributed by atoms with van der Waals surface area (Å²) in [5.41, 5.74) is 2.73. The van der Waals surface area contributed by atoms with Crippen LogP contribution in [-0.2, 0) is 16.3 Å². The first kappa shape index (κ1) is 15.0. The van der Waals surface area contributed by atoms with Crippen LogP contribution in [0, 0.1) is 5.82 Å². The van der Waals surface area contributed by atoms with Crippen LogP contribution in [0.3, 0.4) is 0 Å². The second kappa shape index (κ2) is 5.37. The van der Waals surface area contributed by atoms with Crippen LogP contribution < -0.4 is 5.32 Å². The van der Waals surface area contributed by atoms with Gasteiger partial charge >= 0.3 is 0 Å². The van der Waals surface area contributed by atoms with Gasteiger partial charge in [0.15, 0.2) is 9.84 Å². The Bertz CT molecular complexity index is 816. The lowest BCUT2D eigenvalue weighted by atomic mass is 10.1. The molecule has 1 unspecified atom stereocenters. The Labute approximate surface area is 128 Å². The molecule has 0 saturated heterocycles. The molecule has 1 aliphatic rings. The monoisotopic (exact) mass is 321 g/mol. The van der Waals surface area contributed by atoms with Gasteiger partial charge in [-0.25, -0.2) is 12.8 Å². The lowest BCUT2D eigenvalue weighted by Gasteiger charge is -2.15.